The number of phosphoric acid groups is 2. The van der Waals surface area contributed by atoms with Gasteiger partial charge in [-0.15, -0.1) is 0 Å². The highest BCUT2D eigenvalue weighted by molar-refractivity contribution is 7.47. The lowest BCUT2D eigenvalue weighted by atomic mass is 10.0. The maximum absolute atomic E-state index is 13.0. The van der Waals surface area contributed by atoms with Crippen molar-refractivity contribution in [2.75, 3.05) is 39.6 Å². The Labute approximate surface area is 537 Å². The van der Waals surface area contributed by atoms with Crippen LogP contribution in [-0.2, 0) is 65.4 Å². The molecule has 0 aliphatic carbocycles. The normalized spacial score (nSPS) is 14.1. The third-order valence-electron chi connectivity index (χ3n) is 16.0. The van der Waals surface area contributed by atoms with Crippen LogP contribution >= 0.6 is 15.6 Å². The quantitative estimate of drug-likeness (QED) is 0.0222. The highest BCUT2D eigenvalue weighted by Gasteiger charge is 2.30. The van der Waals surface area contributed by atoms with Gasteiger partial charge in [0.25, 0.3) is 0 Å². The third-order valence-corrected chi connectivity index (χ3v) is 17.9. The van der Waals surface area contributed by atoms with Crippen LogP contribution in [0.3, 0.4) is 0 Å². The second-order valence-corrected chi connectivity index (χ2v) is 28.3. The summed E-state index contributed by atoms with van der Waals surface area (Å²) in [6.07, 6.45) is 48.4. The maximum atomic E-state index is 13.0. The van der Waals surface area contributed by atoms with Crippen LogP contribution < -0.4 is 0 Å². The van der Waals surface area contributed by atoms with Crippen molar-refractivity contribution in [2.24, 2.45) is 5.92 Å². The first-order valence-electron chi connectivity index (χ1n) is 36.1. The van der Waals surface area contributed by atoms with Gasteiger partial charge in [0.2, 0.25) is 0 Å². The Morgan fingerprint density at radius 2 is 0.523 bits per heavy atom. The van der Waals surface area contributed by atoms with E-state index in [1.54, 1.807) is 0 Å². The molecule has 5 atom stereocenters. The molecule has 3 N–H and O–H groups in total. The Hall–Kier alpha value is -1.94. The molecular formula is C69H134O17P2. The molecule has 0 aromatic rings. The van der Waals surface area contributed by atoms with Crippen LogP contribution in [-0.4, -0.2) is 96.7 Å². The summed E-state index contributed by atoms with van der Waals surface area (Å²) in [6.45, 7) is 7.24. The van der Waals surface area contributed by atoms with E-state index in [4.69, 9.17) is 37.0 Å². The second-order valence-electron chi connectivity index (χ2n) is 25.4. The average molecular weight is 1300 g/mol. The Morgan fingerprint density at radius 3 is 0.773 bits per heavy atom. The molecule has 0 saturated carbocycles. The van der Waals surface area contributed by atoms with E-state index in [-0.39, 0.29) is 25.7 Å². The zero-order valence-corrected chi connectivity index (χ0v) is 58.6. The molecule has 0 rings (SSSR count). The summed E-state index contributed by atoms with van der Waals surface area (Å²) in [6, 6.07) is 0. The molecule has 0 aliphatic rings. The predicted molar refractivity (Wildman–Crippen MR) is 354 cm³/mol. The molecule has 522 valence electrons. The van der Waals surface area contributed by atoms with Crippen LogP contribution in [0.5, 0.6) is 0 Å². The van der Waals surface area contributed by atoms with Crippen molar-refractivity contribution < 1.29 is 80.2 Å². The van der Waals surface area contributed by atoms with Crippen molar-refractivity contribution in [1.82, 2.24) is 0 Å². The number of aliphatic hydroxyl groups is 1. The lowest BCUT2D eigenvalue weighted by molar-refractivity contribution is -0.161. The number of carbonyl (C=O) groups is 4. The van der Waals surface area contributed by atoms with Gasteiger partial charge in [-0.1, -0.05) is 304 Å². The smallest absolute Gasteiger partial charge is 0.462 e. The molecule has 0 amide bonds. The molecule has 17 nitrogen and oxygen atoms in total. The largest absolute Gasteiger partial charge is 0.472 e. The molecular weight excluding hydrogens is 1160 g/mol. The van der Waals surface area contributed by atoms with E-state index in [0.29, 0.717) is 25.7 Å². The molecule has 0 aromatic heterocycles. The van der Waals surface area contributed by atoms with Crippen LogP contribution in [0.4, 0.5) is 0 Å². The fourth-order valence-corrected chi connectivity index (χ4v) is 12.0. The van der Waals surface area contributed by atoms with Crippen molar-refractivity contribution in [2.45, 2.75) is 374 Å². The topological polar surface area (TPSA) is 237 Å². The number of carbonyl (C=O) groups excluding carboxylic acids is 4. The van der Waals surface area contributed by atoms with E-state index in [0.717, 1.165) is 95.8 Å². The van der Waals surface area contributed by atoms with Gasteiger partial charge in [-0.05, 0) is 31.6 Å². The number of rotatable bonds is 69. The lowest BCUT2D eigenvalue weighted by Crippen LogP contribution is -2.30. The number of phosphoric ester groups is 2. The Kier molecular flexibility index (Phi) is 61.1. The van der Waals surface area contributed by atoms with Crippen molar-refractivity contribution in [3.05, 3.63) is 0 Å². The Bertz CT molecular complexity index is 1700. The maximum Gasteiger partial charge on any atom is 0.472 e. The van der Waals surface area contributed by atoms with Crippen molar-refractivity contribution in [1.29, 1.82) is 0 Å². The monoisotopic (exact) mass is 1300 g/mol. The van der Waals surface area contributed by atoms with Gasteiger partial charge in [0.05, 0.1) is 26.4 Å². The molecule has 0 aliphatic heterocycles. The molecule has 0 fully saturated rings. The molecule has 0 bridgehead atoms. The minimum absolute atomic E-state index is 0.107. The highest BCUT2D eigenvalue weighted by Crippen LogP contribution is 2.45. The van der Waals surface area contributed by atoms with Crippen LogP contribution in [0, 0.1) is 5.92 Å². The standard InChI is InChI=1S/C69H134O17P2/c1-6-9-12-15-18-21-23-25-29-34-38-43-48-53-67(72)80-59-65(86-69(74)55-50-45-40-35-30-27-24-26-28-32-36-41-46-51-62(4)5)61-84-88(77,78)82-57-63(70)56-81-87(75,76)83-60-64(58-79-66(71)52-47-42-37-31-20-17-14-11-8-3)85-68(73)54-49-44-39-33-22-19-16-13-10-7-2/h62-65,70H,6-61H2,1-5H3,(H,75,76)(H,77,78)/t63-,64+,65+/m0/s1. The first-order chi connectivity index (χ1) is 42.5. The summed E-state index contributed by atoms with van der Waals surface area (Å²) in [5.74, 6) is -1.34. The first-order valence-corrected chi connectivity index (χ1v) is 39.1. The number of hydrogen-bond acceptors (Lipinski definition) is 15. The minimum Gasteiger partial charge on any atom is -0.462 e. The summed E-state index contributed by atoms with van der Waals surface area (Å²) in [7, 11) is -9.89. The predicted octanol–water partition coefficient (Wildman–Crippen LogP) is 19.7. The first kappa shape index (κ1) is 86.1. The molecule has 0 aromatic carbocycles. The van der Waals surface area contributed by atoms with Gasteiger partial charge in [-0.3, -0.25) is 37.3 Å². The summed E-state index contributed by atoms with van der Waals surface area (Å²) >= 11 is 0. The van der Waals surface area contributed by atoms with E-state index in [1.165, 1.54) is 180 Å². The van der Waals surface area contributed by atoms with Crippen LogP contribution in [0.15, 0.2) is 0 Å². The Balaban J connectivity index is 5.22. The lowest BCUT2D eigenvalue weighted by Gasteiger charge is -2.21. The molecule has 0 radical (unpaired) electrons. The van der Waals surface area contributed by atoms with Gasteiger partial charge in [0, 0.05) is 25.7 Å². The van der Waals surface area contributed by atoms with Crippen LogP contribution in [0.1, 0.15) is 356 Å². The second kappa shape index (κ2) is 62.5. The zero-order valence-electron chi connectivity index (χ0n) is 56.9. The van der Waals surface area contributed by atoms with Gasteiger partial charge in [0.1, 0.15) is 19.3 Å². The van der Waals surface area contributed by atoms with Crippen LogP contribution in [0.25, 0.3) is 0 Å². The average Bonchev–Trinajstić information content (AvgIpc) is 3.54. The minimum atomic E-state index is -4.95. The Morgan fingerprint density at radius 1 is 0.307 bits per heavy atom. The summed E-state index contributed by atoms with van der Waals surface area (Å²) in [5, 5.41) is 10.6. The molecule has 0 heterocycles. The number of hydrogen-bond donors (Lipinski definition) is 3. The number of aliphatic hydroxyl groups excluding tert-OH is 1. The van der Waals surface area contributed by atoms with Crippen molar-refractivity contribution in [3.8, 4) is 0 Å². The highest BCUT2D eigenvalue weighted by atomic mass is 31.2. The fraction of sp³-hybridized carbons (Fsp3) is 0.942. The zero-order chi connectivity index (χ0) is 64.9. The molecule has 19 heteroatoms. The van der Waals surface area contributed by atoms with Gasteiger partial charge >= 0.3 is 39.5 Å². The van der Waals surface area contributed by atoms with E-state index < -0.39 is 97.5 Å². The third kappa shape index (κ3) is 62.8. The van der Waals surface area contributed by atoms with E-state index in [9.17, 15) is 43.2 Å². The molecule has 88 heavy (non-hydrogen) atoms. The summed E-state index contributed by atoms with van der Waals surface area (Å²) < 4.78 is 68.2. The number of unbranched alkanes of at least 4 members (excludes halogenated alkanes) is 41. The fourth-order valence-electron chi connectivity index (χ4n) is 10.5. The van der Waals surface area contributed by atoms with Crippen molar-refractivity contribution >= 4 is 39.5 Å². The summed E-state index contributed by atoms with van der Waals surface area (Å²) in [4.78, 5) is 72.4. The van der Waals surface area contributed by atoms with Gasteiger partial charge < -0.3 is 33.8 Å². The molecule has 2 unspecified atom stereocenters. The summed E-state index contributed by atoms with van der Waals surface area (Å²) in [5.41, 5.74) is 0. The SMILES string of the molecule is CCCCCCCCCCCCCCCC(=O)OC[C@H](COP(=O)(O)OC[C@@H](O)COP(=O)(O)OC[C@@H](COC(=O)CCCCCCCCCCC)OC(=O)CCCCCCCCCCCC)OC(=O)CCCCCCCCCCCCCCCC(C)C. The number of ether oxygens (including phenoxy) is 4. The molecule has 0 spiro atoms. The molecule has 0 saturated heterocycles. The van der Waals surface area contributed by atoms with Gasteiger partial charge in [0.15, 0.2) is 12.2 Å². The van der Waals surface area contributed by atoms with E-state index in [2.05, 4.69) is 34.6 Å². The van der Waals surface area contributed by atoms with Gasteiger partial charge in [-0.2, -0.15) is 0 Å². The van der Waals surface area contributed by atoms with Gasteiger partial charge in [-0.25, -0.2) is 9.13 Å². The van der Waals surface area contributed by atoms with Crippen molar-refractivity contribution in [3.63, 3.8) is 0 Å². The van der Waals surface area contributed by atoms with E-state index in [1.807, 2.05) is 0 Å². The van der Waals surface area contributed by atoms with Crippen LogP contribution in [0.2, 0.25) is 0 Å². The van der Waals surface area contributed by atoms with E-state index >= 15 is 0 Å². The number of esters is 4.